The van der Waals surface area contributed by atoms with Crippen molar-refractivity contribution in [3.05, 3.63) is 64.2 Å². The second-order valence-electron chi connectivity index (χ2n) is 4.39. The summed E-state index contributed by atoms with van der Waals surface area (Å²) in [5.74, 6) is -1.15. The highest BCUT2D eigenvalue weighted by Crippen LogP contribution is 2.08. The average Bonchev–Trinajstić information content (AvgIpc) is 2.51. The molecule has 21 heavy (non-hydrogen) atoms. The summed E-state index contributed by atoms with van der Waals surface area (Å²) in [5.41, 5.74) is 0.486. The summed E-state index contributed by atoms with van der Waals surface area (Å²) >= 11 is 0. The molecule has 7 heteroatoms. The summed E-state index contributed by atoms with van der Waals surface area (Å²) in [4.78, 5) is 27.2. The molecule has 104 valence electrons. The number of hydrogen-bond acceptors (Lipinski definition) is 5. The van der Waals surface area contributed by atoms with Crippen LogP contribution < -0.4 is 5.56 Å². The first-order valence-electron chi connectivity index (χ1n) is 6.16. The first-order valence-corrected chi connectivity index (χ1v) is 6.16. The van der Waals surface area contributed by atoms with Gasteiger partial charge in [0.25, 0.3) is 5.56 Å². The lowest BCUT2D eigenvalue weighted by atomic mass is 10.2. The predicted octanol–water partition coefficient (Wildman–Crippen LogP) is 0.933. The predicted molar refractivity (Wildman–Crippen MR) is 74.1 cm³/mol. The van der Waals surface area contributed by atoms with Gasteiger partial charge in [0.05, 0.1) is 11.9 Å². The minimum absolute atomic E-state index is 0.00609. The van der Waals surface area contributed by atoms with Crippen molar-refractivity contribution in [1.29, 1.82) is 0 Å². The highest BCUT2D eigenvalue weighted by atomic mass is 16.4. The van der Waals surface area contributed by atoms with Crippen LogP contribution in [0.25, 0.3) is 10.9 Å². The molecule has 0 atom stereocenters. The number of carbonyl (C=O) groups is 1. The number of aromatic nitrogens is 4. The Morgan fingerprint density at radius 3 is 2.81 bits per heavy atom. The van der Waals surface area contributed by atoms with E-state index in [1.165, 1.54) is 6.20 Å². The molecule has 2 aromatic heterocycles. The standard InChI is InChI=1S/C14H10N4O3/c19-13-10-5-1-2-6-11(10)16-17-18(13)8-9-4-3-7-15-12(9)14(20)21/h1-7H,8H2,(H,20,21). The van der Waals surface area contributed by atoms with E-state index in [0.29, 0.717) is 16.5 Å². The molecule has 0 aliphatic carbocycles. The first-order chi connectivity index (χ1) is 10.2. The second kappa shape index (κ2) is 5.12. The van der Waals surface area contributed by atoms with Crippen LogP contribution in [0.5, 0.6) is 0 Å². The Balaban J connectivity index is 2.09. The van der Waals surface area contributed by atoms with Gasteiger partial charge in [0.1, 0.15) is 5.52 Å². The van der Waals surface area contributed by atoms with Gasteiger partial charge < -0.3 is 5.11 Å². The lowest BCUT2D eigenvalue weighted by molar-refractivity contribution is 0.0689. The number of aromatic carboxylic acids is 1. The van der Waals surface area contributed by atoms with Gasteiger partial charge in [-0.05, 0) is 18.2 Å². The molecule has 7 nitrogen and oxygen atoms in total. The van der Waals surface area contributed by atoms with E-state index in [9.17, 15) is 9.59 Å². The molecule has 0 spiro atoms. The molecule has 0 aliphatic heterocycles. The summed E-state index contributed by atoms with van der Waals surface area (Å²) < 4.78 is 1.13. The quantitative estimate of drug-likeness (QED) is 0.767. The van der Waals surface area contributed by atoms with Crippen molar-refractivity contribution in [2.45, 2.75) is 6.54 Å². The number of carboxylic acids is 1. The molecule has 3 aromatic rings. The van der Waals surface area contributed by atoms with Crippen molar-refractivity contribution >= 4 is 16.9 Å². The number of benzene rings is 1. The molecule has 0 amide bonds. The van der Waals surface area contributed by atoms with Gasteiger partial charge >= 0.3 is 5.97 Å². The fourth-order valence-corrected chi connectivity index (χ4v) is 2.05. The Hall–Kier alpha value is -3.09. The number of hydrogen-bond donors (Lipinski definition) is 1. The van der Waals surface area contributed by atoms with Crippen molar-refractivity contribution in [3.63, 3.8) is 0 Å². The summed E-state index contributed by atoms with van der Waals surface area (Å²) in [6.07, 6.45) is 1.39. The molecule has 0 bridgehead atoms. The summed E-state index contributed by atoms with van der Waals surface area (Å²) in [6.45, 7) is 0.00609. The van der Waals surface area contributed by atoms with Gasteiger partial charge in [0.15, 0.2) is 5.69 Å². The smallest absolute Gasteiger partial charge is 0.354 e. The van der Waals surface area contributed by atoms with Crippen molar-refractivity contribution in [2.24, 2.45) is 0 Å². The van der Waals surface area contributed by atoms with Crippen molar-refractivity contribution in [1.82, 2.24) is 20.0 Å². The summed E-state index contributed by atoms with van der Waals surface area (Å²) in [5, 5.41) is 17.3. The van der Waals surface area contributed by atoms with Gasteiger partial charge in [0, 0.05) is 11.8 Å². The molecule has 1 aromatic carbocycles. The Kier molecular flexibility index (Phi) is 3.15. The highest BCUT2D eigenvalue weighted by molar-refractivity contribution is 5.87. The zero-order chi connectivity index (χ0) is 14.8. The number of pyridine rings is 1. The monoisotopic (exact) mass is 282 g/mol. The van der Waals surface area contributed by atoms with Crippen LogP contribution >= 0.6 is 0 Å². The fourth-order valence-electron chi connectivity index (χ4n) is 2.05. The maximum Gasteiger partial charge on any atom is 0.354 e. The Labute approximate surface area is 118 Å². The molecule has 0 saturated heterocycles. The van der Waals surface area contributed by atoms with E-state index < -0.39 is 5.97 Å². The van der Waals surface area contributed by atoms with E-state index >= 15 is 0 Å². The molecule has 0 radical (unpaired) electrons. The van der Waals surface area contributed by atoms with Crippen LogP contribution in [0.1, 0.15) is 16.1 Å². The van der Waals surface area contributed by atoms with Gasteiger partial charge in [-0.25, -0.2) is 14.5 Å². The van der Waals surface area contributed by atoms with Gasteiger partial charge in [-0.2, -0.15) is 0 Å². The van der Waals surface area contributed by atoms with Crippen LogP contribution in [-0.2, 0) is 6.54 Å². The molecule has 0 saturated carbocycles. The topological polar surface area (TPSA) is 98.0 Å². The number of fused-ring (bicyclic) bond motifs is 1. The molecule has 0 fully saturated rings. The molecular weight excluding hydrogens is 272 g/mol. The third-order valence-corrected chi connectivity index (χ3v) is 3.04. The average molecular weight is 282 g/mol. The fraction of sp³-hybridized carbons (Fsp3) is 0.0714. The molecule has 0 unspecified atom stereocenters. The second-order valence-corrected chi connectivity index (χ2v) is 4.39. The van der Waals surface area contributed by atoms with Crippen molar-refractivity contribution in [3.8, 4) is 0 Å². The van der Waals surface area contributed by atoms with Gasteiger partial charge in [-0.1, -0.05) is 23.4 Å². The van der Waals surface area contributed by atoms with Crippen molar-refractivity contribution in [2.75, 3.05) is 0 Å². The number of carboxylic acid groups (broad SMARTS) is 1. The molecule has 2 heterocycles. The van der Waals surface area contributed by atoms with E-state index in [2.05, 4.69) is 15.3 Å². The van der Waals surface area contributed by atoms with E-state index in [0.717, 1.165) is 4.68 Å². The van der Waals surface area contributed by atoms with Crippen LogP contribution in [0.2, 0.25) is 0 Å². The number of rotatable bonds is 3. The van der Waals surface area contributed by atoms with E-state index in [1.807, 2.05) is 0 Å². The molecule has 3 rings (SSSR count). The van der Waals surface area contributed by atoms with Gasteiger partial charge in [-0.3, -0.25) is 4.79 Å². The van der Waals surface area contributed by atoms with Crippen LogP contribution in [0.3, 0.4) is 0 Å². The highest BCUT2D eigenvalue weighted by Gasteiger charge is 2.13. The lowest BCUT2D eigenvalue weighted by Gasteiger charge is -2.06. The molecule has 0 aliphatic rings. The maximum atomic E-state index is 12.3. The van der Waals surface area contributed by atoms with E-state index in [-0.39, 0.29) is 17.8 Å². The SMILES string of the molecule is O=C(O)c1ncccc1Cn1nnc2ccccc2c1=O. The normalized spacial score (nSPS) is 10.7. The first kappa shape index (κ1) is 12.9. The van der Waals surface area contributed by atoms with Crippen LogP contribution in [0.15, 0.2) is 47.4 Å². The van der Waals surface area contributed by atoms with Crippen molar-refractivity contribution < 1.29 is 9.90 Å². The summed E-state index contributed by atoms with van der Waals surface area (Å²) in [7, 11) is 0. The summed E-state index contributed by atoms with van der Waals surface area (Å²) in [6, 6.07) is 10.1. The minimum atomic E-state index is -1.15. The van der Waals surface area contributed by atoms with Gasteiger partial charge in [0.2, 0.25) is 0 Å². The third-order valence-electron chi connectivity index (χ3n) is 3.04. The zero-order valence-electron chi connectivity index (χ0n) is 10.8. The minimum Gasteiger partial charge on any atom is -0.477 e. The maximum absolute atomic E-state index is 12.3. The largest absolute Gasteiger partial charge is 0.477 e. The number of nitrogens with zero attached hydrogens (tertiary/aromatic N) is 4. The zero-order valence-corrected chi connectivity index (χ0v) is 10.8. The van der Waals surface area contributed by atoms with Crippen LogP contribution in [-0.4, -0.2) is 31.1 Å². The Morgan fingerprint density at radius 1 is 1.19 bits per heavy atom. The van der Waals surface area contributed by atoms with Crippen LogP contribution in [0, 0.1) is 0 Å². The Morgan fingerprint density at radius 2 is 2.00 bits per heavy atom. The van der Waals surface area contributed by atoms with E-state index in [4.69, 9.17) is 5.11 Å². The Bertz CT molecular complexity index is 889. The molecular formula is C14H10N4O3. The van der Waals surface area contributed by atoms with Crippen LogP contribution in [0.4, 0.5) is 0 Å². The third kappa shape index (κ3) is 2.36. The van der Waals surface area contributed by atoms with E-state index in [1.54, 1.807) is 36.4 Å². The molecule has 1 N–H and O–H groups in total. The van der Waals surface area contributed by atoms with Gasteiger partial charge in [-0.15, -0.1) is 5.10 Å². The lowest BCUT2D eigenvalue weighted by Crippen LogP contribution is -2.25.